The van der Waals surface area contributed by atoms with Crippen molar-refractivity contribution in [2.75, 3.05) is 10.6 Å². The number of amides is 2. The number of rotatable bonds is 6. The van der Waals surface area contributed by atoms with Gasteiger partial charge in [-0.15, -0.1) is 0 Å². The molecule has 0 heterocycles. The van der Waals surface area contributed by atoms with E-state index < -0.39 is 22.0 Å². The summed E-state index contributed by atoms with van der Waals surface area (Å²) < 4.78 is 27.1. The summed E-state index contributed by atoms with van der Waals surface area (Å²) in [7, 11) is -4.04. The quantitative estimate of drug-likeness (QED) is 0.654. The van der Waals surface area contributed by atoms with E-state index in [1.54, 1.807) is 24.3 Å². The Labute approximate surface area is 167 Å². The van der Waals surface area contributed by atoms with Crippen LogP contribution in [0.15, 0.2) is 47.4 Å². The first-order chi connectivity index (χ1) is 12.6. The molecule has 0 aliphatic carbocycles. The predicted molar refractivity (Wildman–Crippen MR) is 106 cm³/mol. The molecule has 0 aliphatic rings. The second kappa shape index (κ2) is 8.71. The predicted octanol–water partition coefficient (Wildman–Crippen LogP) is 3.26. The number of hydrogen-bond donors (Lipinski definition) is 3. The number of nitrogens with one attached hydrogen (secondary N) is 3. The zero-order valence-electron chi connectivity index (χ0n) is 14.4. The van der Waals surface area contributed by atoms with Gasteiger partial charge in [-0.25, -0.2) is 8.42 Å². The van der Waals surface area contributed by atoms with Gasteiger partial charge in [0.25, 0.3) is 0 Å². The molecule has 27 heavy (non-hydrogen) atoms. The molecule has 0 radical (unpaired) electrons. The van der Waals surface area contributed by atoms with Crippen molar-refractivity contribution in [3.05, 3.63) is 52.5 Å². The van der Waals surface area contributed by atoms with Gasteiger partial charge in [-0.05, 0) is 49.4 Å². The summed E-state index contributed by atoms with van der Waals surface area (Å²) in [6.45, 7) is 2.78. The van der Waals surface area contributed by atoms with Gasteiger partial charge in [0.2, 0.25) is 21.8 Å². The summed E-state index contributed by atoms with van der Waals surface area (Å²) >= 11 is 11.7. The van der Waals surface area contributed by atoms with Gasteiger partial charge in [0, 0.05) is 23.3 Å². The molecule has 1 atom stereocenters. The van der Waals surface area contributed by atoms with Gasteiger partial charge in [0.1, 0.15) is 4.90 Å². The minimum absolute atomic E-state index is 0.00642. The van der Waals surface area contributed by atoms with Gasteiger partial charge in [-0.2, -0.15) is 4.72 Å². The summed E-state index contributed by atoms with van der Waals surface area (Å²) in [6.07, 6.45) is 0. The SMILES string of the molecule is CC(=O)Nc1ccc(NC(=O)[C@@H](C)NS(=O)(=O)c2cc(Cl)ccc2Cl)cc1. The van der Waals surface area contributed by atoms with Crippen LogP contribution < -0.4 is 15.4 Å². The number of carbonyl (C=O) groups excluding carboxylic acids is 2. The highest BCUT2D eigenvalue weighted by atomic mass is 35.5. The van der Waals surface area contributed by atoms with E-state index in [-0.39, 0.29) is 20.8 Å². The normalized spacial score (nSPS) is 12.3. The topological polar surface area (TPSA) is 104 Å². The number of anilines is 2. The Balaban J connectivity index is 2.06. The zero-order chi connectivity index (χ0) is 20.2. The van der Waals surface area contributed by atoms with Crippen LogP contribution in [0.2, 0.25) is 10.0 Å². The largest absolute Gasteiger partial charge is 0.326 e. The Morgan fingerprint density at radius 1 is 0.963 bits per heavy atom. The minimum Gasteiger partial charge on any atom is -0.326 e. The van der Waals surface area contributed by atoms with E-state index in [9.17, 15) is 18.0 Å². The van der Waals surface area contributed by atoms with Crippen molar-refractivity contribution >= 4 is 56.4 Å². The molecule has 2 aromatic rings. The maximum absolute atomic E-state index is 12.4. The Morgan fingerprint density at radius 2 is 1.52 bits per heavy atom. The summed E-state index contributed by atoms with van der Waals surface area (Å²) in [5.74, 6) is -0.779. The fraction of sp³-hybridized carbons (Fsp3) is 0.176. The summed E-state index contributed by atoms with van der Waals surface area (Å²) in [6, 6.07) is 9.34. The van der Waals surface area contributed by atoms with E-state index in [2.05, 4.69) is 15.4 Å². The highest BCUT2D eigenvalue weighted by molar-refractivity contribution is 7.89. The third-order valence-corrected chi connectivity index (χ3v) is 5.64. The number of carbonyl (C=O) groups is 2. The van der Waals surface area contributed by atoms with Crippen molar-refractivity contribution in [1.82, 2.24) is 4.72 Å². The van der Waals surface area contributed by atoms with E-state index in [1.807, 2.05) is 0 Å². The van der Waals surface area contributed by atoms with Crippen LogP contribution in [0.5, 0.6) is 0 Å². The smallest absolute Gasteiger partial charge is 0.242 e. The monoisotopic (exact) mass is 429 g/mol. The molecule has 144 valence electrons. The molecular weight excluding hydrogens is 413 g/mol. The van der Waals surface area contributed by atoms with E-state index in [4.69, 9.17) is 23.2 Å². The second-order valence-electron chi connectivity index (χ2n) is 5.67. The van der Waals surface area contributed by atoms with Crippen molar-refractivity contribution in [2.45, 2.75) is 24.8 Å². The molecule has 7 nitrogen and oxygen atoms in total. The molecule has 2 rings (SSSR count). The summed E-state index contributed by atoms with van der Waals surface area (Å²) in [5.41, 5.74) is 1.02. The van der Waals surface area contributed by atoms with Crippen molar-refractivity contribution in [3.63, 3.8) is 0 Å². The Bertz CT molecular complexity index is 963. The first kappa shape index (κ1) is 21.2. The van der Waals surface area contributed by atoms with Crippen LogP contribution in [0.25, 0.3) is 0 Å². The third-order valence-electron chi connectivity index (χ3n) is 3.38. The summed E-state index contributed by atoms with van der Waals surface area (Å²) in [4.78, 5) is 23.1. The lowest BCUT2D eigenvalue weighted by atomic mass is 10.2. The third kappa shape index (κ3) is 5.93. The molecule has 2 amide bonds. The van der Waals surface area contributed by atoms with Crippen molar-refractivity contribution in [1.29, 1.82) is 0 Å². The minimum atomic E-state index is -4.04. The lowest BCUT2D eigenvalue weighted by Crippen LogP contribution is -2.41. The first-order valence-corrected chi connectivity index (χ1v) is 9.98. The van der Waals surface area contributed by atoms with Gasteiger partial charge in [-0.3, -0.25) is 9.59 Å². The van der Waals surface area contributed by atoms with Gasteiger partial charge >= 0.3 is 0 Å². The van der Waals surface area contributed by atoms with Gasteiger partial charge in [0.15, 0.2) is 0 Å². The van der Waals surface area contributed by atoms with Crippen LogP contribution in [0, 0.1) is 0 Å². The molecule has 0 bridgehead atoms. The molecule has 0 fully saturated rings. The summed E-state index contributed by atoms with van der Waals surface area (Å²) in [5, 5.41) is 5.38. The Kier molecular flexibility index (Phi) is 6.83. The molecule has 10 heteroatoms. The molecule has 2 aromatic carbocycles. The first-order valence-electron chi connectivity index (χ1n) is 7.74. The van der Waals surface area contributed by atoms with Crippen LogP contribution >= 0.6 is 23.2 Å². The molecule has 0 unspecified atom stereocenters. The van der Waals surface area contributed by atoms with Gasteiger partial charge < -0.3 is 10.6 Å². The molecular formula is C17H17Cl2N3O4S. The number of sulfonamides is 1. The van der Waals surface area contributed by atoms with Crippen LogP contribution in [0.4, 0.5) is 11.4 Å². The van der Waals surface area contributed by atoms with Crippen LogP contribution in [-0.4, -0.2) is 26.3 Å². The highest BCUT2D eigenvalue weighted by Gasteiger charge is 2.24. The fourth-order valence-corrected chi connectivity index (χ4v) is 4.09. The lowest BCUT2D eigenvalue weighted by Gasteiger charge is -2.15. The van der Waals surface area contributed by atoms with Crippen molar-refractivity contribution in [2.24, 2.45) is 0 Å². The van der Waals surface area contributed by atoms with E-state index in [0.717, 1.165) is 0 Å². The van der Waals surface area contributed by atoms with E-state index in [1.165, 1.54) is 32.0 Å². The highest BCUT2D eigenvalue weighted by Crippen LogP contribution is 2.25. The van der Waals surface area contributed by atoms with Gasteiger partial charge in [-0.1, -0.05) is 23.2 Å². The molecule has 0 aliphatic heterocycles. The number of benzene rings is 2. The average molecular weight is 430 g/mol. The lowest BCUT2D eigenvalue weighted by molar-refractivity contribution is -0.117. The molecule has 0 spiro atoms. The average Bonchev–Trinajstić information content (AvgIpc) is 2.57. The number of halogens is 2. The Morgan fingerprint density at radius 3 is 2.07 bits per heavy atom. The van der Waals surface area contributed by atoms with Crippen LogP contribution in [0.3, 0.4) is 0 Å². The molecule has 0 saturated carbocycles. The molecule has 3 N–H and O–H groups in total. The van der Waals surface area contributed by atoms with Crippen molar-refractivity contribution in [3.8, 4) is 0 Å². The zero-order valence-corrected chi connectivity index (χ0v) is 16.7. The second-order valence-corrected chi connectivity index (χ2v) is 8.19. The van der Waals surface area contributed by atoms with Gasteiger partial charge in [0.05, 0.1) is 11.1 Å². The Hall–Kier alpha value is -2.13. The van der Waals surface area contributed by atoms with Crippen LogP contribution in [0.1, 0.15) is 13.8 Å². The van der Waals surface area contributed by atoms with Crippen LogP contribution in [-0.2, 0) is 19.6 Å². The fourth-order valence-electron chi connectivity index (χ4n) is 2.12. The van der Waals surface area contributed by atoms with E-state index >= 15 is 0 Å². The standard InChI is InChI=1S/C17H17Cl2N3O4S/c1-10(22-27(25,26)16-9-12(18)3-8-15(16)19)17(24)21-14-6-4-13(5-7-14)20-11(2)23/h3-10,22H,1-2H3,(H,20,23)(H,21,24)/t10-/m1/s1. The number of hydrogen-bond acceptors (Lipinski definition) is 4. The maximum atomic E-state index is 12.4. The molecule has 0 aromatic heterocycles. The molecule has 0 saturated heterocycles. The van der Waals surface area contributed by atoms with E-state index in [0.29, 0.717) is 11.4 Å². The maximum Gasteiger partial charge on any atom is 0.242 e. The van der Waals surface area contributed by atoms with Crippen molar-refractivity contribution < 1.29 is 18.0 Å².